The molecule has 76 valence electrons. The Morgan fingerprint density at radius 2 is 1.86 bits per heavy atom. The fraction of sp³-hybridized carbons (Fsp3) is 0.222. The van der Waals surface area contributed by atoms with Crippen LogP contribution in [-0.4, -0.2) is 18.9 Å². The standard InChI is InChI=1S/C9H8Cl2N2.ClH/c10-6-2-1-3-7(11)8(6)9-12-4-5-13-9;/h1-3H,4-5H2,(H,12,13);1H. The zero-order valence-corrected chi connectivity index (χ0v) is 9.59. The van der Waals surface area contributed by atoms with Crippen molar-refractivity contribution in [2.45, 2.75) is 0 Å². The summed E-state index contributed by atoms with van der Waals surface area (Å²) in [5, 5.41) is 4.41. The third kappa shape index (κ3) is 2.14. The van der Waals surface area contributed by atoms with Gasteiger partial charge in [-0.15, -0.1) is 12.4 Å². The molecule has 0 unspecified atom stereocenters. The average molecular weight is 252 g/mol. The minimum Gasteiger partial charge on any atom is -0.368 e. The van der Waals surface area contributed by atoms with Gasteiger partial charge in [0.2, 0.25) is 0 Å². The van der Waals surface area contributed by atoms with Crippen LogP contribution in [0.4, 0.5) is 0 Å². The van der Waals surface area contributed by atoms with Crippen LogP contribution in [0.2, 0.25) is 10.0 Å². The lowest BCUT2D eigenvalue weighted by molar-refractivity contribution is 0.960. The molecule has 0 atom stereocenters. The maximum absolute atomic E-state index is 6.00. The number of benzene rings is 1. The van der Waals surface area contributed by atoms with Crippen molar-refractivity contribution in [1.82, 2.24) is 5.32 Å². The molecule has 0 fully saturated rings. The van der Waals surface area contributed by atoms with Crippen LogP contribution >= 0.6 is 35.6 Å². The van der Waals surface area contributed by atoms with Gasteiger partial charge in [-0.3, -0.25) is 4.99 Å². The first kappa shape index (κ1) is 11.6. The third-order valence-electron chi connectivity index (χ3n) is 1.87. The number of rotatable bonds is 1. The quantitative estimate of drug-likeness (QED) is 0.815. The summed E-state index contributed by atoms with van der Waals surface area (Å²) in [5.41, 5.74) is 0.809. The Balaban J connectivity index is 0.000000980. The second-order valence-corrected chi connectivity index (χ2v) is 3.57. The molecule has 1 N–H and O–H groups in total. The first-order chi connectivity index (χ1) is 6.29. The zero-order chi connectivity index (χ0) is 9.26. The van der Waals surface area contributed by atoms with Crippen molar-refractivity contribution in [3.8, 4) is 0 Å². The SMILES string of the molecule is Cl.Clc1cccc(Cl)c1C1=NCCN1. The van der Waals surface area contributed by atoms with E-state index in [2.05, 4.69) is 10.3 Å². The van der Waals surface area contributed by atoms with Gasteiger partial charge in [0.15, 0.2) is 0 Å². The number of hydrogen-bond acceptors (Lipinski definition) is 2. The van der Waals surface area contributed by atoms with Crippen LogP contribution in [0.1, 0.15) is 5.56 Å². The van der Waals surface area contributed by atoms with E-state index in [1.807, 2.05) is 18.2 Å². The summed E-state index contributed by atoms with van der Waals surface area (Å²) in [7, 11) is 0. The van der Waals surface area contributed by atoms with Crippen LogP contribution in [0.15, 0.2) is 23.2 Å². The van der Waals surface area contributed by atoms with Crippen molar-refractivity contribution in [2.24, 2.45) is 4.99 Å². The molecule has 1 aliphatic heterocycles. The molecule has 0 radical (unpaired) electrons. The summed E-state index contributed by atoms with van der Waals surface area (Å²) in [6.07, 6.45) is 0. The van der Waals surface area contributed by atoms with Crippen molar-refractivity contribution in [2.75, 3.05) is 13.1 Å². The highest BCUT2D eigenvalue weighted by molar-refractivity contribution is 6.40. The first-order valence-electron chi connectivity index (χ1n) is 4.02. The predicted octanol–water partition coefficient (Wildman–Crippen LogP) is 2.77. The Morgan fingerprint density at radius 3 is 2.36 bits per heavy atom. The highest BCUT2D eigenvalue weighted by Gasteiger charge is 2.14. The van der Waals surface area contributed by atoms with Crippen LogP contribution in [0.3, 0.4) is 0 Å². The first-order valence-corrected chi connectivity index (χ1v) is 4.77. The molecule has 0 aliphatic carbocycles. The van der Waals surface area contributed by atoms with E-state index in [0.29, 0.717) is 10.0 Å². The van der Waals surface area contributed by atoms with Gasteiger partial charge in [-0.1, -0.05) is 29.3 Å². The van der Waals surface area contributed by atoms with Gasteiger partial charge in [0.05, 0.1) is 22.2 Å². The third-order valence-corrected chi connectivity index (χ3v) is 2.50. The smallest absolute Gasteiger partial charge is 0.131 e. The summed E-state index contributed by atoms with van der Waals surface area (Å²) in [5.74, 6) is 0.801. The van der Waals surface area contributed by atoms with E-state index in [0.717, 1.165) is 24.5 Å². The second-order valence-electron chi connectivity index (χ2n) is 2.75. The summed E-state index contributed by atoms with van der Waals surface area (Å²) in [6, 6.07) is 5.44. The van der Waals surface area contributed by atoms with Crippen LogP contribution < -0.4 is 5.32 Å². The van der Waals surface area contributed by atoms with Crippen molar-refractivity contribution in [3.63, 3.8) is 0 Å². The molecule has 5 heteroatoms. The Bertz CT molecular complexity index is 343. The normalized spacial score (nSPS) is 14.3. The highest BCUT2D eigenvalue weighted by Crippen LogP contribution is 2.24. The van der Waals surface area contributed by atoms with Crippen molar-refractivity contribution < 1.29 is 0 Å². The largest absolute Gasteiger partial charge is 0.368 e. The lowest BCUT2D eigenvalue weighted by Crippen LogP contribution is -2.20. The Labute approximate surface area is 98.7 Å². The number of nitrogens with one attached hydrogen (secondary N) is 1. The van der Waals surface area contributed by atoms with Crippen LogP contribution in [-0.2, 0) is 0 Å². The van der Waals surface area contributed by atoms with E-state index in [1.165, 1.54) is 0 Å². The monoisotopic (exact) mass is 250 g/mol. The number of nitrogens with zero attached hydrogens (tertiary/aromatic N) is 1. The van der Waals surface area contributed by atoms with E-state index in [9.17, 15) is 0 Å². The maximum Gasteiger partial charge on any atom is 0.131 e. The molecule has 1 heterocycles. The molecule has 2 nitrogen and oxygen atoms in total. The molecule has 0 amide bonds. The minimum absolute atomic E-state index is 0. The van der Waals surface area contributed by atoms with Crippen molar-refractivity contribution in [1.29, 1.82) is 0 Å². The molecule has 1 aliphatic rings. The fourth-order valence-electron chi connectivity index (χ4n) is 1.29. The summed E-state index contributed by atoms with van der Waals surface area (Å²) >= 11 is 12.0. The number of amidine groups is 1. The van der Waals surface area contributed by atoms with Crippen LogP contribution in [0.5, 0.6) is 0 Å². The molecular formula is C9H9Cl3N2. The lowest BCUT2D eigenvalue weighted by atomic mass is 10.2. The number of aliphatic imine (C=N–C) groups is 1. The summed E-state index contributed by atoms with van der Waals surface area (Å²) in [6.45, 7) is 1.65. The van der Waals surface area contributed by atoms with Gasteiger partial charge in [-0.2, -0.15) is 0 Å². The summed E-state index contributed by atoms with van der Waals surface area (Å²) < 4.78 is 0. The Morgan fingerprint density at radius 1 is 1.21 bits per heavy atom. The summed E-state index contributed by atoms with van der Waals surface area (Å²) in [4.78, 5) is 4.26. The van der Waals surface area contributed by atoms with Gasteiger partial charge in [0.1, 0.15) is 5.84 Å². The molecule has 0 bridgehead atoms. The number of hydrogen-bond donors (Lipinski definition) is 1. The second kappa shape index (κ2) is 4.87. The zero-order valence-electron chi connectivity index (χ0n) is 7.26. The molecular weight excluding hydrogens is 242 g/mol. The molecule has 0 aromatic heterocycles. The molecule has 1 aromatic carbocycles. The van der Waals surface area contributed by atoms with Gasteiger partial charge < -0.3 is 5.32 Å². The average Bonchev–Trinajstić information content (AvgIpc) is 2.57. The van der Waals surface area contributed by atoms with Gasteiger partial charge in [0.25, 0.3) is 0 Å². The van der Waals surface area contributed by atoms with Gasteiger partial charge in [0, 0.05) is 6.54 Å². The van der Waals surface area contributed by atoms with E-state index < -0.39 is 0 Å². The molecule has 2 rings (SSSR count). The predicted molar refractivity (Wildman–Crippen MR) is 63.1 cm³/mol. The van der Waals surface area contributed by atoms with Gasteiger partial charge in [-0.25, -0.2) is 0 Å². The molecule has 0 saturated carbocycles. The lowest BCUT2D eigenvalue weighted by Gasteiger charge is -2.06. The molecule has 14 heavy (non-hydrogen) atoms. The van der Waals surface area contributed by atoms with E-state index in [-0.39, 0.29) is 12.4 Å². The van der Waals surface area contributed by atoms with E-state index in [1.54, 1.807) is 0 Å². The van der Waals surface area contributed by atoms with Gasteiger partial charge in [-0.05, 0) is 12.1 Å². The Hall–Kier alpha value is -0.440. The topological polar surface area (TPSA) is 24.4 Å². The van der Waals surface area contributed by atoms with E-state index >= 15 is 0 Å². The highest BCUT2D eigenvalue weighted by atomic mass is 35.5. The molecule has 0 spiro atoms. The maximum atomic E-state index is 6.00. The van der Waals surface area contributed by atoms with Gasteiger partial charge >= 0.3 is 0 Å². The number of halogens is 3. The fourth-order valence-corrected chi connectivity index (χ4v) is 1.87. The minimum atomic E-state index is 0. The van der Waals surface area contributed by atoms with Crippen LogP contribution in [0, 0.1) is 0 Å². The van der Waals surface area contributed by atoms with E-state index in [4.69, 9.17) is 23.2 Å². The van der Waals surface area contributed by atoms with Crippen LogP contribution in [0.25, 0.3) is 0 Å². The Kier molecular flexibility index (Phi) is 4.05. The van der Waals surface area contributed by atoms with Crippen molar-refractivity contribution in [3.05, 3.63) is 33.8 Å². The molecule has 1 aromatic rings. The molecule has 0 saturated heterocycles. The van der Waals surface area contributed by atoms with Crippen molar-refractivity contribution >= 4 is 41.4 Å².